The van der Waals surface area contributed by atoms with E-state index in [-0.39, 0.29) is 0 Å². The van der Waals surface area contributed by atoms with Gasteiger partial charge >= 0.3 is 0 Å². The first-order valence-electron chi connectivity index (χ1n) is 16.3. The van der Waals surface area contributed by atoms with Crippen LogP contribution in [0.4, 0.5) is 0 Å². The normalized spacial score (nSPS) is 12.2. The van der Waals surface area contributed by atoms with Crippen molar-refractivity contribution in [1.82, 2.24) is 9.38 Å². The minimum absolute atomic E-state index is 0.732. The van der Waals surface area contributed by atoms with E-state index in [9.17, 15) is 0 Å². The number of fused-ring (bicyclic) bond motifs is 8. The maximum atomic E-state index is 15.5. The molecule has 0 atom stereocenters. The molecule has 0 radical (unpaired) electrons. The zero-order valence-corrected chi connectivity index (χ0v) is 28.2. The Kier molecular flexibility index (Phi) is 6.99. The van der Waals surface area contributed by atoms with Gasteiger partial charge in [0.2, 0.25) is 0 Å². The molecule has 2 heterocycles. The molecular formula is C43H30N2O2P2. The molecule has 0 spiro atoms. The van der Waals surface area contributed by atoms with Crippen LogP contribution in [0.1, 0.15) is 0 Å². The molecule has 0 unspecified atom stereocenters. The number of aromatic nitrogens is 2. The van der Waals surface area contributed by atoms with Crippen molar-refractivity contribution in [1.29, 1.82) is 0 Å². The second-order valence-electron chi connectivity index (χ2n) is 12.3. The molecule has 0 amide bonds. The van der Waals surface area contributed by atoms with Crippen molar-refractivity contribution in [2.45, 2.75) is 0 Å². The summed E-state index contributed by atoms with van der Waals surface area (Å²) in [5.74, 6) is 0. The maximum Gasteiger partial charge on any atom is 0.171 e. The number of hydrogen-bond acceptors (Lipinski definition) is 3. The van der Waals surface area contributed by atoms with Crippen molar-refractivity contribution in [3.8, 4) is 0 Å². The molecule has 0 aliphatic rings. The molecule has 0 N–H and O–H groups in total. The molecule has 6 heteroatoms. The van der Waals surface area contributed by atoms with Crippen LogP contribution >= 0.6 is 14.3 Å². The van der Waals surface area contributed by atoms with Gasteiger partial charge in [0.15, 0.2) is 14.3 Å². The van der Waals surface area contributed by atoms with Crippen LogP contribution in [-0.2, 0) is 9.13 Å². The molecule has 0 saturated carbocycles. The highest BCUT2D eigenvalue weighted by Crippen LogP contribution is 2.45. The molecule has 234 valence electrons. The number of benzene rings is 7. The van der Waals surface area contributed by atoms with Crippen molar-refractivity contribution in [2.75, 3.05) is 0 Å². The van der Waals surface area contributed by atoms with Crippen LogP contribution in [-0.4, -0.2) is 9.38 Å². The van der Waals surface area contributed by atoms with Gasteiger partial charge < -0.3 is 9.13 Å². The highest BCUT2D eigenvalue weighted by molar-refractivity contribution is 7.85. The summed E-state index contributed by atoms with van der Waals surface area (Å²) >= 11 is 0. The smallest absolute Gasteiger partial charge is 0.171 e. The van der Waals surface area contributed by atoms with Crippen molar-refractivity contribution in [3.63, 3.8) is 0 Å². The van der Waals surface area contributed by atoms with Gasteiger partial charge in [-0.3, -0.25) is 4.40 Å². The monoisotopic (exact) mass is 668 g/mol. The van der Waals surface area contributed by atoms with Gasteiger partial charge in [0.25, 0.3) is 0 Å². The summed E-state index contributed by atoms with van der Waals surface area (Å²) < 4.78 is 33.1. The lowest BCUT2D eigenvalue weighted by Crippen LogP contribution is -2.25. The summed E-state index contributed by atoms with van der Waals surface area (Å²) in [5, 5.41) is 7.70. The zero-order chi connectivity index (χ0) is 33.0. The predicted molar refractivity (Wildman–Crippen MR) is 206 cm³/mol. The Balaban J connectivity index is 1.39. The second-order valence-corrected chi connectivity index (χ2v) is 17.8. The lowest BCUT2D eigenvalue weighted by atomic mass is 10.1. The summed E-state index contributed by atoms with van der Waals surface area (Å²) in [7, 11) is -6.50. The highest BCUT2D eigenvalue weighted by atomic mass is 31.2. The number of hydrogen-bond donors (Lipinski definition) is 0. The first-order chi connectivity index (χ1) is 24.1. The van der Waals surface area contributed by atoms with Crippen LogP contribution in [0.15, 0.2) is 182 Å². The third kappa shape index (κ3) is 4.56. The topological polar surface area (TPSA) is 51.4 Å². The van der Waals surface area contributed by atoms with E-state index in [0.717, 1.165) is 70.2 Å². The quantitative estimate of drug-likeness (QED) is 0.133. The minimum Gasteiger partial charge on any atom is -0.309 e. The first-order valence-corrected chi connectivity index (χ1v) is 19.7. The van der Waals surface area contributed by atoms with Gasteiger partial charge in [0.1, 0.15) is 5.65 Å². The van der Waals surface area contributed by atoms with E-state index in [1.807, 2.05) is 158 Å². The molecule has 49 heavy (non-hydrogen) atoms. The highest BCUT2D eigenvalue weighted by Gasteiger charge is 2.32. The van der Waals surface area contributed by atoms with E-state index >= 15 is 9.13 Å². The standard InChI is InChI=1S/C43H30N2O2P2/c46-48(31-15-5-1-6-16-31,32-17-7-2-8-18-32)35-25-27-38-37-23-13-14-24-39(37)43-44-40-28-26-36(30-42(40)45(43)41(38)29-35)49(47,33-19-9-3-10-20-33)34-21-11-4-12-22-34/h1-30H. The lowest BCUT2D eigenvalue weighted by Gasteiger charge is -2.21. The first kappa shape index (κ1) is 29.6. The third-order valence-electron chi connectivity index (χ3n) is 9.52. The molecule has 9 aromatic rings. The Morgan fingerprint density at radius 3 is 1.27 bits per heavy atom. The predicted octanol–water partition coefficient (Wildman–Crippen LogP) is 8.07. The number of imidazole rings is 1. The van der Waals surface area contributed by atoms with E-state index in [4.69, 9.17) is 4.98 Å². The molecule has 0 fully saturated rings. The van der Waals surface area contributed by atoms with Crippen LogP contribution < -0.4 is 31.8 Å². The molecule has 0 saturated heterocycles. The average molecular weight is 669 g/mol. The van der Waals surface area contributed by atoms with Crippen LogP contribution in [0.25, 0.3) is 38.4 Å². The summed E-state index contributed by atoms with van der Waals surface area (Å²) in [5.41, 5.74) is 3.35. The molecule has 7 aromatic carbocycles. The molecule has 4 nitrogen and oxygen atoms in total. The second kappa shape index (κ2) is 11.6. The van der Waals surface area contributed by atoms with E-state index < -0.39 is 14.3 Å². The SMILES string of the molecule is O=P(c1ccccc1)(c1ccccc1)c1ccc2nc3c4ccccc4c4ccc(P(=O)(c5ccccc5)c5ccccc5)cc4n3c2c1. The van der Waals surface area contributed by atoms with E-state index in [0.29, 0.717) is 0 Å². The van der Waals surface area contributed by atoms with Gasteiger partial charge in [0, 0.05) is 42.6 Å². The van der Waals surface area contributed by atoms with Gasteiger partial charge in [-0.05, 0) is 29.7 Å². The maximum absolute atomic E-state index is 15.5. The number of rotatable bonds is 6. The van der Waals surface area contributed by atoms with Gasteiger partial charge in [-0.1, -0.05) is 158 Å². The van der Waals surface area contributed by atoms with Crippen molar-refractivity contribution >= 4 is 84.5 Å². The summed E-state index contributed by atoms with van der Waals surface area (Å²) in [6, 6.07) is 59.5. The van der Waals surface area contributed by atoms with Crippen LogP contribution in [0.2, 0.25) is 0 Å². The van der Waals surface area contributed by atoms with E-state index in [1.165, 1.54) is 0 Å². The Morgan fingerprint density at radius 1 is 0.367 bits per heavy atom. The molecular weight excluding hydrogens is 638 g/mol. The lowest BCUT2D eigenvalue weighted by molar-refractivity contribution is 0.591. The van der Waals surface area contributed by atoms with E-state index in [1.54, 1.807) is 0 Å². The summed E-state index contributed by atoms with van der Waals surface area (Å²) in [6.07, 6.45) is 0. The third-order valence-corrected chi connectivity index (χ3v) is 15.6. The number of pyridine rings is 1. The summed E-state index contributed by atoms with van der Waals surface area (Å²) in [4.78, 5) is 5.17. The summed E-state index contributed by atoms with van der Waals surface area (Å²) in [6.45, 7) is 0. The fourth-order valence-electron chi connectivity index (χ4n) is 7.17. The van der Waals surface area contributed by atoms with E-state index in [2.05, 4.69) is 28.7 Å². The number of nitrogens with zero attached hydrogens (tertiary/aromatic N) is 2. The molecule has 0 aliphatic carbocycles. The Hall–Kier alpha value is -5.53. The Bertz CT molecular complexity index is 2680. The van der Waals surface area contributed by atoms with Gasteiger partial charge in [-0.15, -0.1) is 0 Å². The average Bonchev–Trinajstić information content (AvgIpc) is 3.58. The largest absolute Gasteiger partial charge is 0.309 e. The molecule has 2 aromatic heterocycles. The van der Waals surface area contributed by atoms with Gasteiger partial charge in [0.05, 0.1) is 16.6 Å². The van der Waals surface area contributed by atoms with Gasteiger partial charge in [-0.2, -0.15) is 0 Å². The zero-order valence-electron chi connectivity index (χ0n) is 26.4. The van der Waals surface area contributed by atoms with Gasteiger partial charge in [-0.25, -0.2) is 4.98 Å². The fraction of sp³-hybridized carbons (Fsp3) is 0. The molecule has 0 aliphatic heterocycles. The van der Waals surface area contributed by atoms with Crippen LogP contribution in [0.5, 0.6) is 0 Å². The van der Waals surface area contributed by atoms with Crippen LogP contribution in [0, 0.1) is 0 Å². The molecule has 9 rings (SSSR count). The minimum atomic E-state index is -3.26. The van der Waals surface area contributed by atoms with Crippen molar-refractivity contribution in [2.24, 2.45) is 0 Å². The fourth-order valence-corrected chi connectivity index (χ4v) is 12.5. The van der Waals surface area contributed by atoms with Crippen LogP contribution in [0.3, 0.4) is 0 Å². The molecule has 0 bridgehead atoms. The Morgan fingerprint density at radius 2 is 0.776 bits per heavy atom. The van der Waals surface area contributed by atoms with Crippen molar-refractivity contribution in [3.05, 3.63) is 182 Å². The Labute approximate surface area is 284 Å². The van der Waals surface area contributed by atoms with Crippen molar-refractivity contribution < 1.29 is 9.13 Å².